The minimum atomic E-state index is -0.640. The molecule has 1 aliphatic rings. The second-order valence-electron chi connectivity index (χ2n) is 5.21. The molecule has 1 aromatic heterocycles. The van der Waals surface area contributed by atoms with E-state index >= 15 is 0 Å². The summed E-state index contributed by atoms with van der Waals surface area (Å²) in [5.41, 5.74) is 0.393. The third-order valence-electron chi connectivity index (χ3n) is 4.12. The van der Waals surface area contributed by atoms with Crippen molar-refractivity contribution in [1.29, 1.82) is 0 Å². The van der Waals surface area contributed by atoms with Gasteiger partial charge in [-0.1, -0.05) is 33.1 Å². The number of aromatic nitrogens is 2. The zero-order chi connectivity index (χ0) is 12.3. The quantitative estimate of drug-likeness (QED) is 0.872. The molecule has 0 amide bonds. The van der Waals surface area contributed by atoms with Crippen molar-refractivity contribution in [2.24, 2.45) is 5.92 Å². The number of aliphatic hydroxyl groups is 1. The smallest absolute Gasteiger partial charge is 0.109 e. The Morgan fingerprint density at radius 1 is 1.47 bits per heavy atom. The first kappa shape index (κ1) is 12.6. The standard InChI is InChI=1S/C14H24N2O/c1-3-11-16-13(8-10-15-16)14(17)9-6-5-7-12(14)4-2/h8,10,12,17H,3-7,9,11H2,1-2H3. The van der Waals surface area contributed by atoms with Crippen molar-refractivity contribution in [3.05, 3.63) is 18.0 Å². The summed E-state index contributed by atoms with van der Waals surface area (Å²) in [6, 6.07) is 2.00. The molecule has 3 nitrogen and oxygen atoms in total. The Bertz CT molecular complexity index is 361. The second kappa shape index (κ2) is 5.21. The van der Waals surface area contributed by atoms with Gasteiger partial charge < -0.3 is 5.11 Å². The Kier molecular flexibility index (Phi) is 3.87. The summed E-state index contributed by atoms with van der Waals surface area (Å²) in [5.74, 6) is 0.392. The molecule has 1 aliphatic carbocycles. The summed E-state index contributed by atoms with van der Waals surface area (Å²) in [6.07, 6.45) is 8.35. The average Bonchev–Trinajstić information content (AvgIpc) is 2.79. The molecule has 2 rings (SSSR count). The van der Waals surface area contributed by atoms with Crippen LogP contribution in [0.2, 0.25) is 0 Å². The van der Waals surface area contributed by atoms with Crippen molar-refractivity contribution in [2.75, 3.05) is 0 Å². The maximum Gasteiger partial charge on any atom is 0.109 e. The van der Waals surface area contributed by atoms with E-state index in [2.05, 4.69) is 18.9 Å². The van der Waals surface area contributed by atoms with Crippen molar-refractivity contribution < 1.29 is 5.11 Å². The van der Waals surface area contributed by atoms with Gasteiger partial charge in [-0.2, -0.15) is 5.10 Å². The molecular weight excluding hydrogens is 212 g/mol. The van der Waals surface area contributed by atoms with E-state index in [0.717, 1.165) is 44.3 Å². The molecule has 1 N–H and O–H groups in total. The highest BCUT2D eigenvalue weighted by atomic mass is 16.3. The summed E-state index contributed by atoms with van der Waals surface area (Å²) < 4.78 is 1.99. The van der Waals surface area contributed by atoms with Gasteiger partial charge in [-0.25, -0.2) is 0 Å². The van der Waals surface area contributed by atoms with Crippen LogP contribution in [-0.2, 0) is 12.1 Å². The molecule has 17 heavy (non-hydrogen) atoms. The first-order valence-electron chi connectivity index (χ1n) is 6.97. The molecule has 0 spiro atoms. The monoisotopic (exact) mass is 236 g/mol. The zero-order valence-corrected chi connectivity index (χ0v) is 11.0. The van der Waals surface area contributed by atoms with E-state index in [4.69, 9.17) is 0 Å². The second-order valence-corrected chi connectivity index (χ2v) is 5.21. The number of aryl methyl sites for hydroxylation is 1. The molecule has 0 radical (unpaired) electrons. The maximum absolute atomic E-state index is 11.0. The predicted molar refractivity (Wildman–Crippen MR) is 68.7 cm³/mol. The van der Waals surface area contributed by atoms with Gasteiger partial charge in [0, 0.05) is 12.7 Å². The van der Waals surface area contributed by atoms with E-state index in [1.807, 2.05) is 16.9 Å². The minimum absolute atomic E-state index is 0.392. The number of hydrogen-bond acceptors (Lipinski definition) is 2. The Labute approximate surface area is 104 Å². The fraction of sp³-hybridized carbons (Fsp3) is 0.786. The molecule has 0 aliphatic heterocycles. The van der Waals surface area contributed by atoms with Crippen molar-refractivity contribution in [2.45, 2.75) is 64.5 Å². The molecule has 2 unspecified atom stereocenters. The van der Waals surface area contributed by atoms with Crippen LogP contribution in [0.15, 0.2) is 12.3 Å². The van der Waals surface area contributed by atoms with E-state index in [1.165, 1.54) is 6.42 Å². The van der Waals surface area contributed by atoms with Gasteiger partial charge in [0.25, 0.3) is 0 Å². The summed E-state index contributed by atoms with van der Waals surface area (Å²) in [4.78, 5) is 0. The lowest BCUT2D eigenvalue weighted by molar-refractivity contribution is -0.0626. The Balaban J connectivity index is 2.31. The normalized spacial score (nSPS) is 29.5. The fourth-order valence-electron chi connectivity index (χ4n) is 3.20. The van der Waals surface area contributed by atoms with E-state index in [9.17, 15) is 5.11 Å². The third-order valence-corrected chi connectivity index (χ3v) is 4.12. The highest BCUT2D eigenvalue weighted by Gasteiger charge is 2.41. The van der Waals surface area contributed by atoms with Gasteiger partial charge in [-0.05, 0) is 31.2 Å². The largest absolute Gasteiger partial charge is 0.383 e. The maximum atomic E-state index is 11.0. The number of nitrogens with zero attached hydrogens (tertiary/aromatic N) is 2. The van der Waals surface area contributed by atoms with Crippen LogP contribution in [-0.4, -0.2) is 14.9 Å². The Morgan fingerprint density at radius 2 is 2.29 bits per heavy atom. The van der Waals surface area contributed by atoms with Gasteiger partial charge >= 0.3 is 0 Å². The molecular formula is C14H24N2O. The highest BCUT2D eigenvalue weighted by molar-refractivity contribution is 5.15. The van der Waals surface area contributed by atoms with Crippen LogP contribution in [0.4, 0.5) is 0 Å². The third kappa shape index (κ3) is 2.25. The van der Waals surface area contributed by atoms with E-state index in [-0.39, 0.29) is 0 Å². The van der Waals surface area contributed by atoms with Gasteiger partial charge in [-0.15, -0.1) is 0 Å². The SMILES string of the molecule is CCCn1nccc1C1(O)CCCCC1CC. The molecule has 2 atom stereocenters. The first-order chi connectivity index (χ1) is 8.22. The van der Waals surface area contributed by atoms with Gasteiger partial charge in [0.05, 0.1) is 5.69 Å². The molecule has 0 saturated heterocycles. The topological polar surface area (TPSA) is 38.0 Å². The zero-order valence-electron chi connectivity index (χ0n) is 11.0. The number of hydrogen-bond donors (Lipinski definition) is 1. The van der Waals surface area contributed by atoms with Crippen LogP contribution in [0.1, 0.15) is 58.1 Å². The molecule has 1 aromatic rings. The lowest BCUT2D eigenvalue weighted by Gasteiger charge is -2.40. The summed E-state index contributed by atoms with van der Waals surface area (Å²) >= 11 is 0. The van der Waals surface area contributed by atoms with Crippen molar-refractivity contribution in [1.82, 2.24) is 9.78 Å². The summed E-state index contributed by atoms with van der Waals surface area (Å²) in [6.45, 7) is 5.23. The average molecular weight is 236 g/mol. The van der Waals surface area contributed by atoms with Crippen LogP contribution in [0.25, 0.3) is 0 Å². The molecule has 1 fully saturated rings. The first-order valence-corrected chi connectivity index (χ1v) is 6.97. The molecule has 1 heterocycles. The molecule has 96 valence electrons. The molecule has 1 saturated carbocycles. The van der Waals surface area contributed by atoms with Crippen LogP contribution >= 0.6 is 0 Å². The fourth-order valence-corrected chi connectivity index (χ4v) is 3.20. The van der Waals surface area contributed by atoms with E-state index < -0.39 is 5.60 Å². The van der Waals surface area contributed by atoms with E-state index in [1.54, 1.807) is 0 Å². The molecule has 0 aromatic carbocycles. The lowest BCUT2D eigenvalue weighted by Crippen LogP contribution is -2.39. The van der Waals surface area contributed by atoms with Gasteiger partial charge in [0.1, 0.15) is 5.60 Å². The van der Waals surface area contributed by atoms with Crippen LogP contribution in [0.5, 0.6) is 0 Å². The van der Waals surface area contributed by atoms with Crippen molar-refractivity contribution >= 4 is 0 Å². The van der Waals surface area contributed by atoms with Gasteiger partial charge in [-0.3, -0.25) is 4.68 Å². The van der Waals surface area contributed by atoms with Crippen LogP contribution < -0.4 is 0 Å². The minimum Gasteiger partial charge on any atom is -0.383 e. The Morgan fingerprint density at radius 3 is 3.00 bits per heavy atom. The summed E-state index contributed by atoms with van der Waals surface area (Å²) in [7, 11) is 0. The van der Waals surface area contributed by atoms with Crippen LogP contribution in [0.3, 0.4) is 0 Å². The van der Waals surface area contributed by atoms with Crippen LogP contribution in [0, 0.1) is 5.92 Å². The van der Waals surface area contributed by atoms with Crippen molar-refractivity contribution in [3.8, 4) is 0 Å². The highest BCUT2D eigenvalue weighted by Crippen LogP contribution is 2.43. The van der Waals surface area contributed by atoms with Crippen molar-refractivity contribution in [3.63, 3.8) is 0 Å². The van der Waals surface area contributed by atoms with Gasteiger partial charge in [0.15, 0.2) is 0 Å². The predicted octanol–water partition coefficient (Wildman–Crippen LogP) is 3.08. The lowest BCUT2D eigenvalue weighted by atomic mass is 9.72. The molecule has 3 heteroatoms. The van der Waals surface area contributed by atoms with Gasteiger partial charge in [0.2, 0.25) is 0 Å². The molecule has 0 bridgehead atoms. The Hall–Kier alpha value is -0.830. The van der Waals surface area contributed by atoms with E-state index in [0.29, 0.717) is 5.92 Å². The number of rotatable bonds is 4. The summed E-state index contributed by atoms with van der Waals surface area (Å²) in [5, 5.41) is 15.4.